The molecule has 2 aliphatic rings. The number of imide groups is 1. The number of rotatable bonds is 3. The van der Waals surface area contributed by atoms with Gasteiger partial charge < -0.3 is 5.32 Å². The number of nitrogens with zero attached hydrogens (tertiary/aromatic N) is 1. The van der Waals surface area contributed by atoms with Crippen LogP contribution in [0.1, 0.15) is 26.3 Å². The van der Waals surface area contributed by atoms with Crippen LogP contribution in [0.4, 0.5) is 0 Å². The van der Waals surface area contributed by atoms with E-state index in [2.05, 4.69) is 5.32 Å². The van der Waals surface area contributed by atoms with E-state index in [4.69, 9.17) is 0 Å². The second kappa shape index (κ2) is 5.45. The van der Waals surface area contributed by atoms with E-state index in [-0.39, 0.29) is 11.9 Å². The number of β-lactam (4-membered cyclic amide) rings is 1. The molecule has 2 heterocycles. The molecule has 0 aromatic heterocycles. The van der Waals surface area contributed by atoms with Crippen LogP contribution >= 0.6 is 0 Å². The Hall–Kier alpha value is -3.21. The van der Waals surface area contributed by atoms with Crippen LogP contribution in [0.3, 0.4) is 0 Å². The minimum absolute atomic E-state index is 0.313. The van der Waals surface area contributed by atoms with E-state index in [1.807, 2.05) is 42.5 Å². The summed E-state index contributed by atoms with van der Waals surface area (Å²) in [4.78, 5) is 38.1. The average Bonchev–Trinajstić information content (AvgIpc) is 2.85. The highest BCUT2D eigenvalue weighted by Crippen LogP contribution is 2.28. The quantitative estimate of drug-likeness (QED) is 0.694. The maximum absolute atomic E-state index is 12.5. The van der Waals surface area contributed by atoms with Gasteiger partial charge in [0.05, 0.1) is 17.2 Å². The van der Waals surface area contributed by atoms with Gasteiger partial charge in [0, 0.05) is 0 Å². The van der Waals surface area contributed by atoms with Crippen molar-refractivity contribution in [1.82, 2.24) is 10.2 Å². The second-order valence-electron chi connectivity index (χ2n) is 5.77. The van der Waals surface area contributed by atoms with Crippen molar-refractivity contribution in [1.29, 1.82) is 0 Å². The fourth-order valence-electron chi connectivity index (χ4n) is 3.07. The lowest BCUT2D eigenvalue weighted by atomic mass is 9.96. The molecule has 5 nitrogen and oxygen atoms in total. The average molecular weight is 318 g/mol. The summed E-state index contributed by atoms with van der Waals surface area (Å²) < 4.78 is 0. The molecule has 1 fully saturated rings. The Kier molecular flexibility index (Phi) is 3.27. The standard InChI is InChI=1S/C19H14N2O3/c22-17-16(15(20-17)11-10-12-6-2-1-3-7-12)21-18(23)13-8-4-5-9-14(13)19(21)24/h1-11,15-16H,(H,20,22)/b11-10-. The Balaban J connectivity index is 1.60. The van der Waals surface area contributed by atoms with Crippen LogP contribution in [0.15, 0.2) is 60.7 Å². The third-order valence-electron chi connectivity index (χ3n) is 4.32. The highest BCUT2D eigenvalue weighted by molar-refractivity contribution is 6.23. The molecule has 0 bridgehead atoms. The van der Waals surface area contributed by atoms with Gasteiger partial charge in [-0.15, -0.1) is 0 Å². The molecule has 0 saturated carbocycles. The number of fused-ring (bicyclic) bond motifs is 1. The fourth-order valence-corrected chi connectivity index (χ4v) is 3.07. The minimum Gasteiger partial charge on any atom is -0.345 e. The zero-order chi connectivity index (χ0) is 16.7. The summed E-state index contributed by atoms with van der Waals surface area (Å²) in [6.07, 6.45) is 3.68. The molecule has 0 radical (unpaired) electrons. The highest BCUT2D eigenvalue weighted by Gasteiger charge is 2.50. The van der Waals surface area contributed by atoms with E-state index in [1.165, 1.54) is 0 Å². The Morgan fingerprint density at radius 2 is 1.42 bits per heavy atom. The van der Waals surface area contributed by atoms with Gasteiger partial charge in [-0.2, -0.15) is 0 Å². The first-order valence-electron chi connectivity index (χ1n) is 7.67. The topological polar surface area (TPSA) is 66.5 Å². The molecule has 2 aromatic carbocycles. The van der Waals surface area contributed by atoms with Crippen molar-refractivity contribution in [3.63, 3.8) is 0 Å². The maximum atomic E-state index is 12.5. The van der Waals surface area contributed by atoms with E-state index in [0.717, 1.165) is 10.5 Å². The number of hydrogen-bond donors (Lipinski definition) is 1. The summed E-state index contributed by atoms with van der Waals surface area (Å²) in [5.74, 6) is -1.13. The molecule has 5 heteroatoms. The van der Waals surface area contributed by atoms with Crippen LogP contribution in [-0.4, -0.2) is 34.7 Å². The Morgan fingerprint density at radius 1 is 0.833 bits per heavy atom. The summed E-state index contributed by atoms with van der Waals surface area (Å²) in [6, 6.07) is 15.1. The van der Waals surface area contributed by atoms with Crippen LogP contribution in [0, 0.1) is 0 Å². The minimum atomic E-state index is -0.794. The van der Waals surface area contributed by atoms with Gasteiger partial charge in [-0.25, -0.2) is 0 Å². The first-order valence-corrected chi connectivity index (χ1v) is 7.67. The predicted octanol–water partition coefficient (Wildman–Crippen LogP) is 1.86. The number of nitrogens with one attached hydrogen (secondary N) is 1. The van der Waals surface area contributed by atoms with Crippen molar-refractivity contribution in [2.45, 2.75) is 12.1 Å². The molecule has 3 amide bonds. The molecule has 2 atom stereocenters. The molecule has 0 spiro atoms. The van der Waals surface area contributed by atoms with Crippen LogP contribution in [-0.2, 0) is 4.79 Å². The summed E-state index contributed by atoms with van der Waals surface area (Å²) in [5, 5.41) is 2.74. The van der Waals surface area contributed by atoms with Gasteiger partial charge in [-0.1, -0.05) is 54.6 Å². The van der Waals surface area contributed by atoms with Crippen LogP contribution in [0.2, 0.25) is 0 Å². The van der Waals surface area contributed by atoms with E-state index < -0.39 is 17.9 Å². The van der Waals surface area contributed by atoms with E-state index >= 15 is 0 Å². The summed E-state index contributed by atoms with van der Waals surface area (Å²) in [5.41, 5.74) is 1.70. The monoisotopic (exact) mass is 318 g/mol. The van der Waals surface area contributed by atoms with Crippen LogP contribution < -0.4 is 5.32 Å². The molecule has 2 aromatic rings. The maximum Gasteiger partial charge on any atom is 0.262 e. The van der Waals surface area contributed by atoms with Gasteiger partial charge in [0.2, 0.25) is 5.91 Å². The molecular formula is C19H14N2O3. The first-order chi connectivity index (χ1) is 11.7. The lowest BCUT2D eigenvalue weighted by Gasteiger charge is -2.39. The first kappa shape index (κ1) is 14.4. The molecule has 4 rings (SSSR count). The number of carbonyl (C=O) groups excluding carboxylic acids is 3. The number of benzene rings is 2. The molecule has 118 valence electrons. The van der Waals surface area contributed by atoms with Crippen LogP contribution in [0.5, 0.6) is 0 Å². The van der Waals surface area contributed by atoms with Crippen molar-refractivity contribution in [2.75, 3.05) is 0 Å². The zero-order valence-electron chi connectivity index (χ0n) is 12.7. The van der Waals surface area contributed by atoms with Gasteiger partial charge in [0.15, 0.2) is 0 Å². The normalized spacial score (nSPS) is 22.5. The highest BCUT2D eigenvalue weighted by atomic mass is 16.2. The largest absolute Gasteiger partial charge is 0.345 e. The third-order valence-corrected chi connectivity index (χ3v) is 4.32. The summed E-state index contributed by atoms with van der Waals surface area (Å²) in [6.45, 7) is 0. The number of hydrogen-bond acceptors (Lipinski definition) is 3. The molecule has 24 heavy (non-hydrogen) atoms. The Morgan fingerprint density at radius 3 is 2.00 bits per heavy atom. The summed E-state index contributed by atoms with van der Waals surface area (Å²) in [7, 11) is 0. The predicted molar refractivity (Wildman–Crippen MR) is 88.1 cm³/mol. The fraction of sp³-hybridized carbons (Fsp3) is 0.105. The third kappa shape index (κ3) is 2.13. The van der Waals surface area contributed by atoms with Gasteiger partial charge >= 0.3 is 0 Å². The smallest absolute Gasteiger partial charge is 0.262 e. The molecule has 0 aliphatic carbocycles. The SMILES string of the molecule is O=C1NC(/C=C\c2ccccc2)C1N1C(=O)c2ccccc2C1=O. The molecule has 2 unspecified atom stereocenters. The zero-order valence-corrected chi connectivity index (χ0v) is 12.7. The van der Waals surface area contributed by atoms with Gasteiger partial charge in [0.1, 0.15) is 6.04 Å². The van der Waals surface area contributed by atoms with Gasteiger partial charge in [0.25, 0.3) is 11.8 Å². The van der Waals surface area contributed by atoms with Gasteiger partial charge in [-0.05, 0) is 17.7 Å². The molecular weight excluding hydrogens is 304 g/mol. The van der Waals surface area contributed by atoms with E-state index in [0.29, 0.717) is 11.1 Å². The van der Waals surface area contributed by atoms with E-state index in [9.17, 15) is 14.4 Å². The second-order valence-corrected chi connectivity index (χ2v) is 5.77. The van der Waals surface area contributed by atoms with Crippen molar-refractivity contribution < 1.29 is 14.4 Å². The van der Waals surface area contributed by atoms with Crippen LogP contribution in [0.25, 0.3) is 6.08 Å². The Labute approximate surface area is 138 Å². The lowest BCUT2D eigenvalue weighted by molar-refractivity contribution is -0.133. The number of carbonyl (C=O) groups is 3. The Bertz CT molecular complexity index is 838. The number of amides is 3. The molecule has 1 saturated heterocycles. The van der Waals surface area contributed by atoms with Gasteiger partial charge in [-0.3, -0.25) is 19.3 Å². The molecule has 2 aliphatic heterocycles. The summed E-state index contributed by atoms with van der Waals surface area (Å²) >= 11 is 0. The van der Waals surface area contributed by atoms with E-state index in [1.54, 1.807) is 24.3 Å². The lowest BCUT2D eigenvalue weighted by Crippen LogP contribution is -2.69. The van der Waals surface area contributed by atoms with Crippen molar-refractivity contribution in [3.05, 3.63) is 77.4 Å². The van der Waals surface area contributed by atoms with Crippen molar-refractivity contribution >= 4 is 23.8 Å². The van der Waals surface area contributed by atoms with Crippen molar-refractivity contribution in [3.8, 4) is 0 Å². The molecule has 1 N–H and O–H groups in total. The van der Waals surface area contributed by atoms with Crippen molar-refractivity contribution in [2.24, 2.45) is 0 Å².